The fraction of sp³-hybridized carbons (Fsp3) is 0.368. The van der Waals surface area contributed by atoms with Crippen LogP contribution >= 0.6 is 12.2 Å². The van der Waals surface area contributed by atoms with Crippen molar-refractivity contribution in [2.45, 2.75) is 32.2 Å². The Hall–Kier alpha value is -2.55. The molecule has 3 rings (SSSR count). The quantitative estimate of drug-likeness (QED) is 0.634. The van der Waals surface area contributed by atoms with Gasteiger partial charge in [-0.2, -0.15) is 0 Å². The Morgan fingerprint density at radius 1 is 1.14 bits per heavy atom. The van der Waals surface area contributed by atoms with Gasteiger partial charge in [0.1, 0.15) is 11.6 Å². The number of hydrogen-bond acceptors (Lipinski definition) is 4. The van der Waals surface area contributed by atoms with Crippen LogP contribution in [0.4, 0.5) is 19.0 Å². The van der Waals surface area contributed by atoms with Crippen LogP contribution in [0, 0.1) is 0 Å². The van der Waals surface area contributed by atoms with Gasteiger partial charge in [0.2, 0.25) is 0 Å². The van der Waals surface area contributed by atoms with E-state index in [0.29, 0.717) is 18.2 Å². The van der Waals surface area contributed by atoms with Crippen molar-refractivity contribution in [2.75, 3.05) is 18.4 Å². The third-order valence-corrected chi connectivity index (χ3v) is 4.52. The van der Waals surface area contributed by atoms with Crippen LogP contribution < -0.4 is 20.7 Å². The van der Waals surface area contributed by atoms with Crippen LogP contribution in [0.15, 0.2) is 36.4 Å². The molecule has 0 saturated carbocycles. The van der Waals surface area contributed by atoms with Crippen molar-refractivity contribution in [3.05, 3.63) is 53.2 Å². The summed E-state index contributed by atoms with van der Waals surface area (Å²) in [5, 5.41) is 9.93. The Bertz CT molecular complexity index is 812. The maximum Gasteiger partial charge on any atom is 0.573 e. The second-order valence-corrected chi connectivity index (χ2v) is 6.80. The molecule has 1 aromatic heterocycles. The van der Waals surface area contributed by atoms with Crippen LogP contribution in [-0.2, 0) is 19.4 Å². The molecule has 9 heteroatoms. The van der Waals surface area contributed by atoms with E-state index in [9.17, 15) is 13.2 Å². The lowest BCUT2D eigenvalue weighted by atomic mass is 10.1. The summed E-state index contributed by atoms with van der Waals surface area (Å²) >= 11 is 5.23. The number of pyridine rings is 1. The highest BCUT2D eigenvalue weighted by molar-refractivity contribution is 7.80. The Morgan fingerprint density at radius 3 is 2.68 bits per heavy atom. The summed E-state index contributed by atoms with van der Waals surface area (Å²) in [6, 6.07) is 9.82. The van der Waals surface area contributed by atoms with E-state index in [2.05, 4.69) is 31.7 Å². The number of rotatable bonds is 6. The van der Waals surface area contributed by atoms with Crippen LogP contribution in [0.25, 0.3) is 0 Å². The maximum atomic E-state index is 12.2. The van der Waals surface area contributed by atoms with Gasteiger partial charge < -0.3 is 20.7 Å². The first kappa shape index (κ1) is 20.2. The number of benzene rings is 1. The first-order valence-electron chi connectivity index (χ1n) is 8.98. The van der Waals surface area contributed by atoms with Crippen LogP contribution in [0.2, 0.25) is 0 Å². The number of hydrogen-bond donors (Lipinski definition) is 3. The van der Waals surface area contributed by atoms with Gasteiger partial charge in [0.15, 0.2) is 5.11 Å². The molecule has 0 atom stereocenters. The number of nitrogens with one attached hydrogen (secondary N) is 3. The Balaban J connectivity index is 1.39. The minimum Gasteiger partial charge on any atom is -0.406 e. The third-order valence-electron chi connectivity index (χ3n) is 4.23. The lowest BCUT2D eigenvalue weighted by Gasteiger charge is -2.17. The average Bonchev–Trinajstić information content (AvgIpc) is 2.66. The zero-order chi connectivity index (χ0) is 20.0. The van der Waals surface area contributed by atoms with Crippen molar-refractivity contribution in [1.29, 1.82) is 0 Å². The van der Waals surface area contributed by atoms with Crippen molar-refractivity contribution in [2.24, 2.45) is 0 Å². The van der Waals surface area contributed by atoms with Crippen LogP contribution in [0.5, 0.6) is 5.75 Å². The molecular weight excluding hydrogens is 389 g/mol. The maximum absolute atomic E-state index is 12.2. The fourth-order valence-corrected chi connectivity index (χ4v) is 3.04. The molecule has 1 aliphatic rings. The summed E-state index contributed by atoms with van der Waals surface area (Å²) in [5.74, 6) is 0.728. The van der Waals surface area contributed by atoms with Gasteiger partial charge in [-0.25, -0.2) is 4.98 Å². The van der Waals surface area contributed by atoms with Crippen LogP contribution in [-0.4, -0.2) is 29.5 Å². The second kappa shape index (κ2) is 9.09. The molecule has 0 bridgehead atoms. The predicted molar refractivity (Wildman–Crippen MR) is 105 cm³/mol. The van der Waals surface area contributed by atoms with Gasteiger partial charge in [0.25, 0.3) is 0 Å². The molecule has 2 heterocycles. The molecule has 0 aliphatic carbocycles. The Kier molecular flexibility index (Phi) is 6.56. The minimum absolute atomic E-state index is 0.246. The number of aromatic nitrogens is 1. The highest BCUT2D eigenvalue weighted by Gasteiger charge is 2.30. The van der Waals surface area contributed by atoms with E-state index < -0.39 is 6.36 Å². The molecule has 0 fully saturated rings. The van der Waals surface area contributed by atoms with E-state index in [-0.39, 0.29) is 5.75 Å². The summed E-state index contributed by atoms with van der Waals surface area (Å²) < 4.78 is 40.3. The van der Waals surface area contributed by atoms with Crippen molar-refractivity contribution < 1.29 is 17.9 Å². The summed E-state index contributed by atoms with van der Waals surface area (Å²) in [4.78, 5) is 4.63. The first-order chi connectivity index (χ1) is 13.4. The van der Waals surface area contributed by atoms with Gasteiger partial charge in [-0.15, -0.1) is 13.2 Å². The molecule has 0 amide bonds. The number of thiocarbonyl (C=S) groups is 1. The molecule has 0 spiro atoms. The largest absolute Gasteiger partial charge is 0.573 e. The van der Waals surface area contributed by atoms with Crippen molar-refractivity contribution in [3.8, 4) is 5.75 Å². The predicted octanol–water partition coefficient (Wildman–Crippen LogP) is 3.55. The lowest BCUT2D eigenvalue weighted by Crippen LogP contribution is -2.36. The van der Waals surface area contributed by atoms with Gasteiger partial charge in [-0.05, 0) is 54.4 Å². The molecule has 28 heavy (non-hydrogen) atoms. The summed E-state index contributed by atoms with van der Waals surface area (Å²) in [6.07, 6.45) is -1.76. The Morgan fingerprint density at radius 2 is 1.93 bits per heavy atom. The normalized spacial score (nSPS) is 13.2. The van der Waals surface area contributed by atoms with E-state index in [1.807, 2.05) is 6.07 Å². The number of halogens is 3. The lowest BCUT2D eigenvalue weighted by molar-refractivity contribution is -0.274. The SMILES string of the molecule is FC(F)(F)Oc1ccc(CNC(=S)NCCc2ccc3c(n2)NCCC3)cc1. The number of nitrogens with zero attached hydrogens (tertiary/aromatic N) is 1. The molecule has 2 aromatic rings. The van der Waals surface area contributed by atoms with Crippen LogP contribution in [0.1, 0.15) is 23.2 Å². The molecule has 1 aromatic carbocycles. The van der Waals surface area contributed by atoms with E-state index >= 15 is 0 Å². The Labute approximate surface area is 166 Å². The standard InChI is InChI=1S/C19H21F3N4OS/c20-19(21,22)27-16-7-3-13(4-8-16)12-25-18(28)24-11-9-15-6-5-14-2-1-10-23-17(14)26-15/h3-8H,1-2,9-12H2,(H,23,26)(H2,24,25,28). The topological polar surface area (TPSA) is 58.2 Å². The van der Waals surface area contributed by atoms with Crippen molar-refractivity contribution >= 4 is 23.1 Å². The number of anilines is 1. The van der Waals surface area contributed by atoms with E-state index in [4.69, 9.17) is 12.2 Å². The first-order valence-corrected chi connectivity index (χ1v) is 9.39. The highest BCUT2D eigenvalue weighted by atomic mass is 32.1. The molecule has 5 nitrogen and oxygen atoms in total. The average molecular weight is 410 g/mol. The van der Waals surface area contributed by atoms with E-state index in [1.165, 1.54) is 17.7 Å². The molecule has 3 N–H and O–H groups in total. The fourth-order valence-electron chi connectivity index (χ4n) is 2.87. The second-order valence-electron chi connectivity index (χ2n) is 6.39. The molecule has 0 radical (unpaired) electrons. The van der Waals surface area contributed by atoms with E-state index in [1.54, 1.807) is 12.1 Å². The zero-order valence-electron chi connectivity index (χ0n) is 15.1. The van der Waals surface area contributed by atoms with Gasteiger partial charge in [-0.3, -0.25) is 0 Å². The number of ether oxygens (including phenoxy) is 1. The number of fused-ring (bicyclic) bond motifs is 1. The van der Waals surface area contributed by atoms with Crippen LogP contribution in [0.3, 0.4) is 0 Å². The van der Waals surface area contributed by atoms with Gasteiger partial charge in [0.05, 0.1) is 0 Å². The smallest absolute Gasteiger partial charge is 0.406 e. The molecule has 0 saturated heterocycles. The molecule has 150 valence electrons. The van der Waals surface area contributed by atoms with Crippen molar-refractivity contribution in [1.82, 2.24) is 15.6 Å². The molecular formula is C19H21F3N4OS. The summed E-state index contributed by atoms with van der Waals surface area (Å²) in [5.41, 5.74) is 3.04. The zero-order valence-corrected chi connectivity index (χ0v) is 15.9. The van der Waals surface area contributed by atoms with Gasteiger partial charge in [0, 0.05) is 31.7 Å². The molecule has 1 aliphatic heterocycles. The number of alkyl halides is 3. The van der Waals surface area contributed by atoms with Gasteiger partial charge in [-0.1, -0.05) is 18.2 Å². The van der Waals surface area contributed by atoms with Gasteiger partial charge >= 0.3 is 6.36 Å². The summed E-state index contributed by atoms with van der Waals surface area (Å²) in [7, 11) is 0. The third kappa shape index (κ3) is 6.26. The highest BCUT2D eigenvalue weighted by Crippen LogP contribution is 2.22. The van der Waals surface area contributed by atoms with Crippen molar-refractivity contribution in [3.63, 3.8) is 0 Å². The summed E-state index contributed by atoms with van der Waals surface area (Å²) in [6.45, 7) is 1.99. The number of aryl methyl sites for hydroxylation is 1. The monoisotopic (exact) mass is 410 g/mol. The van der Waals surface area contributed by atoms with E-state index in [0.717, 1.165) is 42.9 Å². The molecule has 0 unspecified atom stereocenters. The minimum atomic E-state index is -4.69.